The van der Waals surface area contributed by atoms with Crippen LogP contribution in [0.15, 0.2) is 60.7 Å². The lowest BCUT2D eigenvalue weighted by Gasteiger charge is -2.29. The van der Waals surface area contributed by atoms with Gasteiger partial charge in [0.1, 0.15) is 6.61 Å². The van der Waals surface area contributed by atoms with Crippen molar-refractivity contribution in [2.45, 2.75) is 44.1 Å². The Morgan fingerprint density at radius 2 is 1.57 bits per heavy atom. The second-order valence-corrected chi connectivity index (χ2v) is 9.81. The van der Waals surface area contributed by atoms with Crippen molar-refractivity contribution in [3.63, 3.8) is 0 Å². The van der Waals surface area contributed by atoms with Crippen LogP contribution in [0.25, 0.3) is 11.1 Å². The number of carbonyl (C=O) groups excluding carboxylic acids is 2. The number of hydrogen-bond donors (Lipinski definition) is 3. The van der Waals surface area contributed by atoms with Gasteiger partial charge in [0.2, 0.25) is 5.91 Å². The molecular formula is C28H30N2O5. The van der Waals surface area contributed by atoms with Crippen LogP contribution >= 0.6 is 0 Å². The molecule has 35 heavy (non-hydrogen) atoms. The lowest BCUT2D eigenvalue weighted by atomic mass is 9.84. The number of nitrogens with one attached hydrogen (secondary N) is 2. The molecule has 2 aromatic carbocycles. The van der Waals surface area contributed by atoms with Gasteiger partial charge in [0.25, 0.3) is 0 Å². The average molecular weight is 475 g/mol. The number of ether oxygens (including phenoxy) is 1. The molecule has 0 bridgehead atoms. The van der Waals surface area contributed by atoms with Gasteiger partial charge < -0.3 is 20.5 Å². The van der Waals surface area contributed by atoms with Gasteiger partial charge in [0.05, 0.1) is 11.3 Å². The third-order valence-corrected chi connectivity index (χ3v) is 7.67. The maximum atomic E-state index is 13.2. The fourth-order valence-electron chi connectivity index (χ4n) is 5.74. The Morgan fingerprint density at radius 3 is 2.17 bits per heavy atom. The highest BCUT2D eigenvalue weighted by Crippen LogP contribution is 2.44. The van der Waals surface area contributed by atoms with Crippen LogP contribution in [0.4, 0.5) is 4.79 Å². The summed E-state index contributed by atoms with van der Waals surface area (Å²) in [5, 5.41) is 15.0. The predicted octanol–water partition coefficient (Wildman–Crippen LogP) is 4.23. The summed E-state index contributed by atoms with van der Waals surface area (Å²) in [6, 6.07) is 16.1. The van der Waals surface area contributed by atoms with Crippen LogP contribution < -0.4 is 10.6 Å². The van der Waals surface area contributed by atoms with E-state index in [1.807, 2.05) is 24.3 Å². The van der Waals surface area contributed by atoms with Crippen molar-refractivity contribution in [3.05, 3.63) is 71.8 Å². The third-order valence-electron chi connectivity index (χ3n) is 7.67. The summed E-state index contributed by atoms with van der Waals surface area (Å²) in [7, 11) is 0. The van der Waals surface area contributed by atoms with E-state index in [0.29, 0.717) is 19.3 Å². The molecule has 0 aliphatic heterocycles. The summed E-state index contributed by atoms with van der Waals surface area (Å²) in [5.74, 6) is -1.60. The van der Waals surface area contributed by atoms with Gasteiger partial charge in [-0.1, -0.05) is 73.5 Å². The molecule has 0 spiro atoms. The number of aliphatic carboxylic acids is 1. The van der Waals surface area contributed by atoms with Crippen molar-refractivity contribution in [1.29, 1.82) is 0 Å². The number of fused-ring (bicyclic) bond motifs is 3. The average Bonchev–Trinajstić information content (AvgIpc) is 3.60. The first-order valence-electron chi connectivity index (χ1n) is 12.3. The molecule has 2 unspecified atom stereocenters. The minimum Gasteiger partial charge on any atom is -0.481 e. The van der Waals surface area contributed by atoms with Gasteiger partial charge in [0.15, 0.2) is 0 Å². The third kappa shape index (κ3) is 4.55. The SMILES string of the molecule is O=C(NCC1(C(=O)NC2C=CC(C(=O)O)C2)CCCC1)OCC1c2ccccc2-c2ccccc21. The largest absolute Gasteiger partial charge is 0.481 e. The van der Waals surface area contributed by atoms with Crippen LogP contribution in [0, 0.1) is 11.3 Å². The van der Waals surface area contributed by atoms with Crippen LogP contribution in [0.1, 0.15) is 49.1 Å². The zero-order valence-electron chi connectivity index (χ0n) is 19.5. The van der Waals surface area contributed by atoms with E-state index in [1.165, 1.54) is 11.1 Å². The summed E-state index contributed by atoms with van der Waals surface area (Å²) in [5.41, 5.74) is 3.95. The molecule has 0 radical (unpaired) electrons. The first-order valence-corrected chi connectivity index (χ1v) is 12.3. The maximum absolute atomic E-state index is 13.2. The number of carboxylic acids is 1. The Kier molecular flexibility index (Phi) is 6.32. The zero-order valence-corrected chi connectivity index (χ0v) is 19.5. The first kappa shape index (κ1) is 23.1. The minimum atomic E-state index is -0.884. The molecule has 0 saturated heterocycles. The molecular weight excluding hydrogens is 444 g/mol. The van der Waals surface area contributed by atoms with Gasteiger partial charge in [-0.25, -0.2) is 4.79 Å². The van der Waals surface area contributed by atoms with Gasteiger partial charge in [-0.3, -0.25) is 9.59 Å². The van der Waals surface area contributed by atoms with Crippen LogP contribution in [-0.4, -0.2) is 42.3 Å². The Morgan fingerprint density at radius 1 is 0.943 bits per heavy atom. The normalized spacial score (nSPS) is 21.8. The van der Waals surface area contributed by atoms with Crippen molar-refractivity contribution in [3.8, 4) is 11.1 Å². The fourth-order valence-corrected chi connectivity index (χ4v) is 5.74. The zero-order chi connectivity index (χ0) is 24.4. The fraction of sp³-hybridized carbons (Fsp3) is 0.393. The van der Waals surface area contributed by atoms with E-state index in [4.69, 9.17) is 4.74 Å². The molecule has 0 heterocycles. The highest BCUT2D eigenvalue weighted by Gasteiger charge is 2.42. The summed E-state index contributed by atoms with van der Waals surface area (Å²) >= 11 is 0. The summed E-state index contributed by atoms with van der Waals surface area (Å²) < 4.78 is 5.64. The minimum absolute atomic E-state index is 0.0202. The molecule has 3 aliphatic rings. The van der Waals surface area contributed by atoms with Crippen molar-refractivity contribution in [1.82, 2.24) is 10.6 Å². The van der Waals surface area contributed by atoms with E-state index in [1.54, 1.807) is 12.2 Å². The van der Waals surface area contributed by atoms with Gasteiger partial charge >= 0.3 is 12.1 Å². The van der Waals surface area contributed by atoms with Gasteiger partial charge in [0, 0.05) is 18.5 Å². The summed E-state index contributed by atoms with van der Waals surface area (Å²) in [4.78, 5) is 37.0. The molecule has 7 heteroatoms. The van der Waals surface area contributed by atoms with Crippen molar-refractivity contribution >= 4 is 18.0 Å². The molecule has 1 saturated carbocycles. The molecule has 2 atom stereocenters. The standard InChI is InChI=1S/C28H30N2O5/c31-25(32)18-11-12-19(15-18)30-26(33)28(13-5-6-14-28)17-29-27(34)35-16-24-22-9-3-1-7-20(22)21-8-2-4-10-23(21)24/h1-4,7-12,18-19,24H,5-6,13-17H2,(H,29,34)(H,30,33)(H,31,32). The summed E-state index contributed by atoms with van der Waals surface area (Å²) in [6.07, 6.45) is 6.40. The lowest BCUT2D eigenvalue weighted by Crippen LogP contribution is -2.49. The Labute approximate surface area is 204 Å². The second-order valence-electron chi connectivity index (χ2n) is 9.81. The molecule has 3 aliphatic carbocycles. The molecule has 182 valence electrons. The monoisotopic (exact) mass is 474 g/mol. The Bertz CT molecular complexity index is 1120. The number of carboxylic acid groups (broad SMARTS) is 1. The van der Waals surface area contributed by atoms with E-state index in [2.05, 4.69) is 34.9 Å². The number of rotatable bonds is 7. The van der Waals surface area contributed by atoms with Crippen molar-refractivity contribution in [2.24, 2.45) is 11.3 Å². The van der Waals surface area contributed by atoms with Crippen LogP contribution in [-0.2, 0) is 14.3 Å². The van der Waals surface area contributed by atoms with E-state index in [0.717, 1.165) is 24.0 Å². The lowest BCUT2D eigenvalue weighted by molar-refractivity contribution is -0.140. The number of hydrogen-bond acceptors (Lipinski definition) is 4. The summed E-state index contributed by atoms with van der Waals surface area (Å²) in [6.45, 7) is 0.427. The molecule has 7 nitrogen and oxygen atoms in total. The highest BCUT2D eigenvalue weighted by atomic mass is 16.5. The highest BCUT2D eigenvalue weighted by molar-refractivity contribution is 5.85. The predicted molar refractivity (Wildman–Crippen MR) is 131 cm³/mol. The van der Waals surface area contributed by atoms with Gasteiger partial charge in [-0.2, -0.15) is 0 Å². The van der Waals surface area contributed by atoms with Crippen molar-refractivity contribution < 1.29 is 24.2 Å². The van der Waals surface area contributed by atoms with E-state index in [9.17, 15) is 19.5 Å². The number of amides is 2. The van der Waals surface area contributed by atoms with Crippen molar-refractivity contribution in [2.75, 3.05) is 13.2 Å². The van der Waals surface area contributed by atoms with Crippen LogP contribution in [0.3, 0.4) is 0 Å². The van der Waals surface area contributed by atoms with E-state index < -0.39 is 23.4 Å². The second kappa shape index (κ2) is 9.56. The maximum Gasteiger partial charge on any atom is 0.407 e. The van der Waals surface area contributed by atoms with Crippen LogP contribution in [0.5, 0.6) is 0 Å². The van der Waals surface area contributed by atoms with Gasteiger partial charge in [-0.05, 0) is 41.5 Å². The molecule has 1 fully saturated rings. The topological polar surface area (TPSA) is 105 Å². The first-order chi connectivity index (χ1) is 17.0. The van der Waals surface area contributed by atoms with E-state index >= 15 is 0 Å². The molecule has 3 N–H and O–H groups in total. The molecule has 2 amide bonds. The Hall–Kier alpha value is -3.61. The van der Waals surface area contributed by atoms with Crippen LogP contribution in [0.2, 0.25) is 0 Å². The molecule has 2 aromatic rings. The smallest absolute Gasteiger partial charge is 0.407 e. The quantitative estimate of drug-likeness (QED) is 0.521. The molecule has 0 aromatic heterocycles. The van der Waals surface area contributed by atoms with Gasteiger partial charge in [-0.15, -0.1) is 0 Å². The Balaban J connectivity index is 1.18. The number of carbonyl (C=O) groups is 3. The number of benzene rings is 2. The number of alkyl carbamates (subject to hydrolysis) is 1. The molecule has 5 rings (SSSR count). The van der Waals surface area contributed by atoms with E-state index in [-0.39, 0.29) is 31.0 Å².